The van der Waals surface area contributed by atoms with Crippen molar-refractivity contribution < 1.29 is 23.8 Å². The van der Waals surface area contributed by atoms with E-state index in [1.165, 1.54) is 13.3 Å². The lowest BCUT2D eigenvalue weighted by molar-refractivity contribution is -0.118. The standard InChI is InChI=1S/C27H29N3O5/c1-4-14-34-24-13-10-21(16-25(24)33-3)27(32)30-28-17-20-6-5-7-23(15-20)35-18-26(31)29-22-11-8-19(2)9-12-22/h5-13,15-17H,4,14,18H2,1-3H3,(H,29,31)(H,30,32)/b28-17+. The van der Waals surface area contributed by atoms with Crippen LogP contribution in [0, 0.1) is 6.92 Å². The first-order valence-corrected chi connectivity index (χ1v) is 11.2. The number of carbonyl (C=O) groups excluding carboxylic acids is 2. The highest BCUT2D eigenvalue weighted by Crippen LogP contribution is 2.28. The molecule has 8 nitrogen and oxygen atoms in total. The smallest absolute Gasteiger partial charge is 0.271 e. The summed E-state index contributed by atoms with van der Waals surface area (Å²) in [6, 6.07) is 19.5. The molecule has 35 heavy (non-hydrogen) atoms. The fraction of sp³-hybridized carbons (Fsp3) is 0.222. The van der Waals surface area contributed by atoms with Crippen molar-refractivity contribution >= 4 is 23.7 Å². The van der Waals surface area contributed by atoms with Crippen LogP contribution < -0.4 is 25.0 Å². The molecular formula is C27H29N3O5. The third-order valence-electron chi connectivity index (χ3n) is 4.83. The minimum Gasteiger partial charge on any atom is -0.493 e. The summed E-state index contributed by atoms with van der Waals surface area (Å²) in [5.41, 5.74) is 5.40. The Labute approximate surface area is 204 Å². The van der Waals surface area contributed by atoms with Gasteiger partial charge < -0.3 is 19.5 Å². The van der Waals surface area contributed by atoms with E-state index in [9.17, 15) is 9.59 Å². The van der Waals surface area contributed by atoms with Gasteiger partial charge in [0.15, 0.2) is 18.1 Å². The number of nitrogens with zero attached hydrogens (tertiary/aromatic N) is 1. The molecule has 0 heterocycles. The summed E-state index contributed by atoms with van der Waals surface area (Å²) in [5, 5.41) is 6.80. The van der Waals surface area contributed by atoms with Crippen LogP contribution in [0.2, 0.25) is 0 Å². The van der Waals surface area contributed by atoms with E-state index in [0.29, 0.717) is 40.7 Å². The van der Waals surface area contributed by atoms with Crippen molar-refractivity contribution in [1.29, 1.82) is 0 Å². The van der Waals surface area contributed by atoms with E-state index in [4.69, 9.17) is 14.2 Å². The van der Waals surface area contributed by atoms with E-state index < -0.39 is 0 Å². The molecular weight excluding hydrogens is 446 g/mol. The number of anilines is 1. The van der Waals surface area contributed by atoms with Crippen LogP contribution in [0.4, 0.5) is 5.69 Å². The number of aryl methyl sites for hydroxylation is 1. The van der Waals surface area contributed by atoms with Crippen LogP contribution in [0.1, 0.15) is 34.8 Å². The molecule has 0 saturated heterocycles. The van der Waals surface area contributed by atoms with E-state index in [0.717, 1.165) is 12.0 Å². The third kappa shape index (κ3) is 7.89. The number of hydrogen-bond donors (Lipinski definition) is 2. The summed E-state index contributed by atoms with van der Waals surface area (Å²) in [6.07, 6.45) is 2.36. The summed E-state index contributed by atoms with van der Waals surface area (Å²) < 4.78 is 16.5. The molecule has 0 aliphatic heterocycles. The molecule has 2 amide bonds. The quantitative estimate of drug-likeness (QED) is 0.313. The Morgan fingerprint density at radius 3 is 2.51 bits per heavy atom. The van der Waals surface area contributed by atoms with Crippen molar-refractivity contribution in [3.8, 4) is 17.2 Å². The largest absolute Gasteiger partial charge is 0.493 e. The number of methoxy groups -OCH3 is 1. The Morgan fingerprint density at radius 1 is 0.971 bits per heavy atom. The molecule has 0 aliphatic carbocycles. The van der Waals surface area contributed by atoms with E-state index in [2.05, 4.69) is 15.8 Å². The zero-order chi connectivity index (χ0) is 25.0. The fourth-order valence-electron chi connectivity index (χ4n) is 3.04. The van der Waals surface area contributed by atoms with Gasteiger partial charge >= 0.3 is 0 Å². The van der Waals surface area contributed by atoms with Crippen LogP contribution in [0.5, 0.6) is 17.2 Å². The number of rotatable bonds is 11. The first-order chi connectivity index (χ1) is 17.0. The second kappa shape index (κ2) is 12.8. The number of hydrazone groups is 1. The van der Waals surface area contributed by atoms with Crippen molar-refractivity contribution in [2.75, 3.05) is 25.6 Å². The topological polar surface area (TPSA) is 98.3 Å². The summed E-state index contributed by atoms with van der Waals surface area (Å²) in [4.78, 5) is 24.6. The van der Waals surface area contributed by atoms with Crippen molar-refractivity contribution in [2.45, 2.75) is 20.3 Å². The molecule has 3 aromatic rings. The molecule has 2 N–H and O–H groups in total. The molecule has 8 heteroatoms. The number of nitrogens with one attached hydrogen (secondary N) is 2. The lowest BCUT2D eigenvalue weighted by atomic mass is 10.2. The molecule has 0 unspecified atom stereocenters. The van der Waals surface area contributed by atoms with Gasteiger partial charge in [-0.05, 0) is 61.4 Å². The molecule has 3 aromatic carbocycles. The van der Waals surface area contributed by atoms with Crippen LogP contribution in [-0.2, 0) is 4.79 Å². The maximum Gasteiger partial charge on any atom is 0.271 e. The zero-order valence-electron chi connectivity index (χ0n) is 20.0. The molecule has 182 valence electrons. The number of amides is 2. The lowest BCUT2D eigenvalue weighted by Gasteiger charge is -2.11. The summed E-state index contributed by atoms with van der Waals surface area (Å²) >= 11 is 0. The van der Waals surface area contributed by atoms with Crippen LogP contribution in [-0.4, -0.2) is 38.4 Å². The highest BCUT2D eigenvalue weighted by Gasteiger charge is 2.11. The van der Waals surface area contributed by atoms with Gasteiger partial charge in [0.25, 0.3) is 11.8 Å². The van der Waals surface area contributed by atoms with Crippen LogP contribution in [0.15, 0.2) is 71.8 Å². The van der Waals surface area contributed by atoms with Crippen molar-refractivity contribution in [1.82, 2.24) is 5.43 Å². The first kappa shape index (κ1) is 25.3. The van der Waals surface area contributed by atoms with E-state index >= 15 is 0 Å². The van der Waals surface area contributed by atoms with Gasteiger partial charge in [0.05, 0.1) is 19.9 Å². The molecule has 0 fully saturated rings. The van der Waals surface area contributed by atoms with Gasteiger partial charge in [0.2, 0.25) is 0 Å². The van der Waals surface area contributed by atoms with Crippen LogP contribution in [0.3, 0.4) is 0 Å². The summed E-state index contributed by atoms with van der Waals surface area (Å²) in [7, 11) is 1.52. The van der Waals surface area contributed by atoms with Gasteiger partial charge in [0, 0.05) is 11.3 Å². The fourth-order valence-corrected chi connectivity index (χ4v) is 3.04. The maximum absolute atomic E-state index is 12.5. The van der Waals surface area contributed by atoms with E-state index in [1.54, 1.807) is 42.5 Å². The predicted molar refractivity (Wildman–Crippen MR) is 136 cm³/mol. The Hall–Kier alpha value is -4.33. The molecule has 0 aromatic heterocycles. The third-order valence-corrected chi connectivity index (χ3v) is 4.83. The Bertz CT molecular complexity index is 1180. The SMILES string of the molecule is CCCOc1ccc(C(=O)N/N=C/c2cccc(OCC(=O)Nc3ccc(C)cc3)c2)cc1OC. The Kier molecular flexibility index (Phi) is 9.24. The molecule has 3 rings (SSSR count). The molecule has 0 spiro atoms. The summed E-state index contributed by atoms with van der Waals surface area (Å²) in [6.45, 7) is 4.42. The molecule has 0 saturated carbocycles. The van der Waals surface area contributed by atoms with Gasteiger partial charge in [-0.25, -0.2) is 5.43 Å². The zero-order valence-corrected chi connectivity index (χ0v) is 20.0. The van der Waals surface area contributed by atoms with Crippen molar-refractivity contribution in [3.05, 3.63) is 83.4 Å². The molecule has 0 radical (unpaired) electrons. The van der Waals surface area contributed by atoms with E-state index in [1.807, 2.05) is 38.1 Å². The first-order valence-electron chi connectivity index (χ1n) is 11.2. The predicted octanol–water partition coefficient (Wildman–Crippen LogP) is 4.57. The van der Waals surface area contributed by atoms with Crippen molar-refractivity contribution in [3.63, 3.8) is 0 Å². The molecule has 0 bridgehead atoms. The summed E-state index contributed by atoms with van der Waals surface area (Å²) in [5.74, 6) is 0.917. The van der Waals surface area contributed by atoms with E-state index in [-0.39, 0.29) is 18.4 Å². The van der Waals surface area contributed by atoms with Crippen LogP contribution in [0.25, 0.3) is 0 Å². The minimum atomic E-state index is -0.387. The van der Waals surface area contributed by atoms with Gasteiger partial charge in [-0.15, -0.1) is 0 Å². The number of benzene rings is 3. The number of carbonyl (C=O) groups is 2. The number of ether oxygens (including phenoxy) is 3. The van der Waals surface area contributed by atoms with Gasteiger partial charge in [0.1, 0.15) is 5.75 Å². The second-order valence-corrected chi connectivity index (χ2v) is 7.69. The highest BCUT2D eigenvalue weighted by molar-refractivity contribution is 5.95. The molecule has 0 atom stereocenters. The average Bonchev–Trinajstić information content (AvgIpc) is 2.87. The monoisotopic (exact) mass is 475 g/mol. The Balaban J connectivity index is 1.52. The van der Waals surface area contributed by atoms with Gasteiger partial charge in [-0.1, -0.05) is 36.8 Å². The molecule has 0 aliphatic rings. The normalized spacial score (nSPS) is 10.6. The lowest BCUT2D eigenvalue weighted by Crippen LogP contribution is -2.20. The van der Waals surface area contributed by atoms with Gasteiger partial charge in [-0.2, -0.15) is 5.10 Å². The highest BCUT2D eigenvalue weighted by atomic mass is 16.5. The van der Waals surface area contributed by atoms with Crippen molar-refractivity contribution in [2.24, 2.45) is 5.10 Å². The number of hydrogen-bond acceptors (Lipinski definition) is 6. The average molecular weight is 476 g/mol. The second-order valence-electron chi connectivity index (χ2n) is 7.69. The van der Waals surface area contributed by atoms with Gasteiger partial charge in [-0.3, -0.25) is 9.59 Å². The maximum atomic E-state index is 12.5. The van der Waals surface area contributed by atoms with Crippen LogP contribution >= 0.6 is 0 Å². The Morgan fingerprint density at radius 2 is 1.77 bits per heavy atom. The minimum absolute atomic E-state index is 0.134.